The van der Waals surface area contributed by atoms with Crippen molar-refractivity contribution in [3.8, 4) is 0 Å². The zero-order valence-corrected chi connectivity index (χ0v) is 14.7. The van der Waals surface area contributed by atoms with Crippen molar-refractivity contribution in [3.63, 3.8) is 0 Å². The van der Waals surface area contributed by atoms with Crippen LogP contribution >= 0.6 is 0 Å². The fourth-order valence-electron chi connectivity index (χ4n) is 3.60. The van der Waals surface area contributed by atoms with Crippen molar-refractivity contribution in [2.45, 2.75) is 58.3 Å². The van der Waals surface area contributed by atoms with E-state index in [-0.39, 0.29) is 24.0 Å². The summed E-state index contributed by atoms with van der Waals surface area (Å²) in [7, 11) is 0. The first kappa shape index (κ1) is 18.1. The van der Waals surface area contributed by atoms with E-state index in [1.807, 2.05) is 18.4 Å². The Balaban J connectivity index is 1.89. The fourth-order valence-corrected chi connectivity index (χ4v) is 3.60. The molecule has 4 N–H and O–H groups in total. The molecule has 1 aromatic heterocycles. The molecule has 8 nitrogen and oxygen atoms in total. The summed E-state index contributed by atoms with van der Waals surface area (Å²) in [5.41, 5.74) is 5.05. The van der Waals surface area contributed by atoms with E-state index < -0.39 is 6.29 Å². The molecule has 25 heavy (non-hydrogen) atoms. The largest absolute Gasteiger partial charge is 0.373 e. The number of aromatic nitrogens is 1. The quantitative estimate of drug-likeness (QED) is 0.710. The van der Waals surface area contributed by atoms with Crippen molar-refractivity contribution in [2.75, 3.05) is 13.2 Å². The zero-order valence-electron chi connectivity index (χ0n) is 14.7. The van der Waals surface area contributed by atoms with E-state index in [0.717, 1.165) is 6.42 Å². The molecular formula is C17H26N3O5+. The normalized spacial score (nSPS) is 21.5. The molecule has 0 aromatic carbocycles. The molecule has 138 valence electrons. The molecule has 0 radical (unpaired) electrons. The van der Waals surface area contributed by atoms with E-state index in [1.165, 1.54) is 0 Å². The molecule has 3 rings (SSSR count). The molecule has 2 unspecified atom stereocenters. The predicted molar refractivity (Wildman–Crippen MR) is 87.6 cm³/mol. The Morgan fingerprint density at radius 2 is 2.16 bits per heavy atom. The molecule has 3 heterocycles. The molecule has 2 aliphatic heterocycles. The van der Waals surface area contributed by atoms with Gasteiger partial charge in [-0.15, -0.1) is 0 Å². The van der Waals surface area contributed by atoms with Crippen LogP contribution < -0.4 is 5.73 Å². The van der Waals surface area contributed by atoms with Gasteiger partial charge in [-0.25, -0.2) is 4.79 Å². The van der Waals surface area contributed by atoms with Gasteiger partial charge in [0.1, 0.15) is 11.3 Å². The first-order valence-electron chi connectivity index (χ1n) is 8.71. The van der Waals surface area contributed by atoms with Crippen molar-refractivity contribution in [1.29, 1.82) is 0 Å². The van der Waals surface area contributed by atoms with Gasteiger partial charge in [-0.2, -0.15) is 0 Å². The highest BCUT2D eigenvalue weighted by atomic mass is 16.6. The molecule has 2 aliphatic rings. The second-order valence-electron chi connectivity index (χ2n) is 6.80. The van der Waals surface area contributed by atoms with Crippen LogP contribution in [0.5, 0.6) is 0 Å². The Labute approximate surface area is 146 Å². The maximum Gasteiger partial charge on any atom is 0.342 e. The summed E-state index contributed by atoms with van der Waals surface area (Å²) >= 11 is 0. The van der Waals surface area contributed by atoms with E-state index in [9.17, 15) is 14.7 Å². The summed E-state index contributed by atoms with van der Waals surface area (Å²) in [6, 6.07) is 1.23. The Hall–Kier alpha value is -1.74. The summed E-state index contributed by atoms with van der Waals surface area (Å²) < 4.78 is 12.7. The van der Waals surface area contributed by atoms with Gasteiger partial charge in [-0.05, 0) is 32.8 Å². The number of aliphatic hydroxyl groups is 1. The molecule has 2 amide bonds. The average Bonchev–Trinajstić information content (AvgIpc) is 3.18. The number of fused-ring (bicyclic) bond motifs is 1. The van der Waals surface area contributed by atoms with E-state index >= 15 is 0 Å². The molecule has 0 bridgehead atoms. The van der Waals surface area contributed by atoms with Gasteiger partial charge in [0.15, 0.2) is 6.29 Å². The van der Waals surface area contributed by atoms with E-state index in [4.69, 9.17) is 9.47 Å². The third kappa shape index (κ3) is 3.48. The third-order valence-corrected chi connectivity index (χ3v) is 4.73. The van der Waals surface area contributed by atoms with Crippen LogP contribution in [0.25, 0.3) is 0 Å². The van der Waals surface area contributed by atoms with Gasteiger partial charge in [-0.3, -0.25) is 10.5 Å². The van der Waals surface area contributed by atoms with Crippen LogP contribution in [0.3, 0.4) is 0 Å². The maximum absolute atomic E-state index is 13.1. The van der Waals surface area contributed by atoms with Gasteiger partial charge in [0.2, 0.25) is 0 Å². The third-order valence-electron chi connectivity index (χ3n) is 4.73. The van der Waals surface area contributed by atoms with Crippen molar-refractivity contribution < 1.29 is 29.9 Å². The van der Waals surface area contributed by atoms with E-state index in [0.29, 0.717) is 49.7 Å². The lowest BCUT2D eigenvalue weighted by atomic mass is 10.2. The smallest absolute Gasteiger partial charge is 0.342 e. The molecule has 2 atom stereocenters. The van der Waals surface area contributed by atoms with Crippen LogP contribution in [0.2, 0.25) is 0 Å². The van der Waals surface area contributed by atoms with Crippen LogP contribution in [-0.4, -0.2) is 58.0 Å². The van der Waals surface area contributed by atoms with Crippen molar-refractivity contribution >= 4 is 11.8 Å². The first-order valence-corrected chi connectivity index (χ1v) is 8.71. The number of rotatable bonds is 5. The lowest BCUT2D eigenvalue weighted by Gasteiger charge is -2.30. The number of nitrogens with zero attached hydrogens (tertiary/aromatic N) is 2. The molecule has 8 heteroatoms. The lowest BCUT2D eigenvalue weighted by molar-refractivity contribution is -0.255. The minimum absolute atomic E-state index is 0.124. The average molecular weight is 352 g/mol. The molecule has 0 aliphatic carbocycles. The lowest BCUT2D eigenvalue weighted by Crippen LogP contribution is -2.57. The van der Waals surface area contributed by atoms with Gasteiger partial charge in [0, 0.05) is 13.1 Å². The number of ether oxygens (including phenoxy) is 2. The van der Waals surface area contributed by atoms with Gasteiger partial charge < -0.3 is 24.0 Å². The molecule has 0 saturated carbocycles. The highest BCUT2D eigenvalue weighted by molar-refractivity contribution is 5.97. The minimum Gasteiger partial charge on any atom is -0.373 e. The number of amides is 2. The number of likely N-dealkylation sites (tertiary alicyclic amines) is 1. The highest BCUT2D eigenvalue weighted by Gasteiger charge is 2.37. The second-order valence-corrected chi connectivity index (χ2v) is 6.80. The Morgan fingerprint density at radius 3 is 2.84 bits per heavy atom. The zero-order chi connectivity index (χ0) is 18.1. The van der Waals surface area contributed by atoms with Gasteiger partial charge in [0.25, 0.3) is 5.91 Å². The molecule has 1 saturated heterocycles. The molecular weight excluding hydrogens is 326 g/mol. The second kappa shape index (κ2) is 7.25. The van der Waals surface area contributed by atoms with Crippen LogP contribution in [0.1, 0.15) is 53.2 Å². The summed E-state index contributed by atoms with van der Waals surface area (Å²) in [5, 5.41) is 10.3. The first-order chi connectivity index (χ1) is 11.9. The Bertz CT molecular complexity index is 669. The molecule has 1 fully saturated rings. The number of aliphatic hydroxyl groups excluding tert-OH is 1. The van der Waals surface area contributed by atoms with Crippen molar-refractivity contribution in [3.05, 3.63) is 23.0 Å². The highest BCUT2D eigenvalue weighted by Crippen LogP contribution is 2.27. The number of hydrogen-bond donors (Lipinski definition) is 2. The maximum atomic E-state index is 13.1. The van der Waals surface area contributed by atoms with E-state index in [1.54, 1.807) is 11.0 Å². The van der Waals surface area contributed by atoms with Crippen LogP contribution in [0.4, 0.5) is 0 Å². The summed E-state index contributed by atoms with van der Waals surface area (Å²) in [4.78, 5) is 26.6. The predicted octanol–water partition coefficient (Wildman–Crippen LogP) is -0.252. The van der Waals surface area contributed by atoms with Gasteiger partial charge in [0.05, 0.1) is 31.1 Å². The summed E-state index contributed by atoms with van der Waals surface area (Å²) in [6.45, 7) is 5.57. The molecule has 0 spiro atoms. The standard InChI is InChI=1S/C17H25N3O5/c1-10(2)25-17(23)12-4-3-5-20(12)16(22)13-8-11(15(18)21)14-9-24-7-6-19(13)14/h8,10,12,17,23H,3-7,9H2,1-2H3,(H2,18,21)/p+1. The fraction of sp³-hybridized carbons (Fsp3) is 0.647. The topological polar surface area (TPSA) is 109 Å². The number of hydrogen-bond acceptors (Lipinski definition) is 5. The Kier molecular flexibility index (Phi) is 5.24. The number of carbonyl (C=O) groups is 2. The van der Waals surface area contributed by atoms with Crippen LogP contribution in [0.15, 0.2) is 6.07 Å². The van der Waals surface area contributed by atoms with Gasteiger partial charge >= 0.3 is 5.91 Å². The van der Waals surface area contributed by atoms with Gasteiger partial charge in [-0.1, -0.05) is 0 Å². The Morgan fingerprint density at radius 1 is 1.40 bits per heavy atom. The van der Waals surface area contributed by atoms with Crippen LogP contribution in [0, 0.1) is 0 Å². The molecule has 1 aromatic rings. The summed E-state index contributed by atoms with van der Waals surface area (Å²) in [6.07, 6.45) is 0.366. The van der Waals surface area contributed by atoms with Crippen molar-refractivity contribution in [1.82, 2.24) is 9.47 Å². The van der Waals surface area contributed by atoms with Crippen molar-refractivity contribution in [2.24, 2.45) is 0 Å². The summed E-state index contributed by atoms with van der Waals surface area (Å²) in [5.74, 6) is -0.515. The number of carbonyl (C=O) groups excluding carboxylic acids is 2. The van der Waals surface area contributed by atoms with Crippen LogP contribution in [-0.2, 0) is 22.6 Å². The SMILES string of the molecule is CC(C)OC(O)C1CCCN1C(=O)c1cc(C([NH3+])=O)c2n1CCOC2. The minimum atomic E-state index is -1.01. The monoisotopic (exact) mass is 352 g/mol. The number of quaternary nitrogens is 1. The van der Waals surface area contributed by atoms with E-state index in [2.05, 4.69) is 5.73 Å².